The molecule has 104 valence electrons. The first kappa shape index (κ1) is 13.8. The summed E-state index contributed by atoms with van der Waals surface area (Å²) in [7, 11) is 0. The highest BCUT2D eigenvalue weighted by Gasteiger charge is 2.09. The van der Waals surface area contributed by atoms with Crippen LogP contribution in [0.2, 0.25) is 0 Å². The maximum Gasteiger partial charge on any atom is 0.157 e. The Kier molecular flexibility index (Phi) is 4.74. The van der Waals surface area contributed by atoms with E-state index in [-0.39, 0.29) is 6.61 Å². The van der Waals surface area contributed by atoms with Crippen LogP contribution in [0.5, 0.6) is 0 Å². The molecule has 0 aromatic carbocycles. The highest BCUT2D eigenvalue weighted by Crippen LogP contribution is 2.16. The van der Waals surface area contributed by atoms with E-state index in [2.05, 4.69) is 35.3 Å². The van der Waals surface area contributed by atoms with Crippen molar-refractivity contribution in [3.63, 3.8) is 0 Å². The lowest BCUT2D eigenvalue weighted by Crippen LogP contribution is -2.17. The molecule has 0 saturated heterocycles. The van der Waals surface area contributed by atoms with Gasteiger partial charge in [-0.05, 0) is 43.4 Å². The van der Waals surface area contributed by atoms with Crippen molar-refractivity contribution in [3.05, 3.63) is 24.0 Å². The molecule has 0 aliphatic heterocycles. The molecule has 2 aromatic rings. The number of aromatic nitrogens is 3. The van der Waals surface area contributed by atoms with Crippen LogP contribution in [0, 0.1) is 12.8 Å². The van der Waals surface area contributed by atoms with Crippen molar-refractivity contribution >= 4 is 11.5 Å². The van der Waals surface area contributed by atoms with Crippen molar-refractivity contribution in [2.45, 2.75) is 33.1 Å². The molecule has 5 nitrogen and oxygen atoms in total. The Morgan fingerprint density at radius 2 is 2.21 bits per heavy atom. The van der Waals surface area contributed by atoms with E-state index in [4.69, 9.17) is 5.11 Å². The van der Waals surface area contributed by atoms with Crippen LogP contribution in [0.3, 0.4) is 0 Å². The molecule has 0 amide bonds. The van der Waals surface area contributed by atoms with Gasteiger partial charge in [-0.15, -0.1) is 0 Å². The average Bonchev–Trinajstić information content (AvgIpc) is 2.84. The predicted molar refractivity (Wildman–Crippen MR) is 76.3 cm³/mol. The Morgan fingerprint density at radius 3 is 2.95 bits per heavy atom. The number of aryl methyl sites for hydroxylation is 1. The molecule has 2 aromatic heterocycles. The van der Waals surface area contributed by atoms with E-state index >= 15 is 0 Å². The minimum absolute atomic E-state index is 0.249. The molecule has 1 unspecified atom stereocenters. The van der Waals surface area contributed by atoms with Gasteiger partial charge in [0.15, 0.2) is 5.65 Å². The maximum absolute atomic E-state index is 9.09. The quantitative estimate of drug-likeness (QED) is 0.803. The lowest BCUT2D eigenvalue weighted by Gasteiger charge is -2.17. The Morgan fingerprint density at radius 1 is 1.37 bits per heavy atom. The number of anilines is 1. The first-order chi connectivity index (χ1) is 9.24. The van der Waals surface area contributed by atoms with Crippen LogP contribution in [0.1, 0.15) is 31.7 Å². The van der Waals surface area contributed by atoms with Gasteiger partial charge in [0.1, 0.15) is 12.1 Å². The van der Waals surface area contributed by atoms with Gasteiger partial charge in [0.05, 0.1) is 0 Å². The topological polar surface area (TPSA) is 62.5 Å². The third kappa shape index (κ3) is 3.44. The molecular weight excluding hydrogens is 240 g/mol. The summed E-state index contributed by atoms with van der Waals surface area (Å²) in [4.78, 5) is 4.21. The molecule has 0 saturated carbocycles. The predicted octanol–water partition coefficient (Wildman–Crippen LogP) is 2.25. The van der Waals surface area contributed by atoms with Gasteiger partial charge < -0.3 is 10.4 Å². The van der Waals surface area contributed by atoms with Crippen LogP contribution in [0.25, 0.3) is 5.65 Å². The van der Waals surface area contributed by atoms with E-state index in [1.165, 1.54) is 0 Å². The van der Waals surface area contributed by atoms with Gasteiger partial charge in [0.2, 0.25) is 0 Å². The molecule has 0 spiro atoms. The monoisotopic (exact) mass is 262 g/mol. The number of aliphatic hydroxyl groups is 1. The number of nitrogens with zero attached hydrogens (tertiary/aromatic N) is 3. The molecule has 19 heavy (non-hydrogen) atoms. The van der Waals surface area contributed by atoms with Crippen molar-refractivity contribution < 1.29 is 5.11 Å². The van der Waals surface area contributed by atoms with Crippen molar-refractivity contribution in [1.82, 2.24) is 14.6 Å². The molecule has 0 fully saturated rings. The molecule has 2 rings (SSSR count). The summed E-state index contributed by atoms with van der Waals surface area (Å²) >= 11 is 0. The molecule has 2 N–H and O–H groups in total. The summed E-state index contributed by atoms with van der Waals surface area (Å²) in [6.07, 6.45) is 4.67. The molecule has 1 atom stereocenters. The summed E-state index contributed by atoms with van der Waals surface area (Å²) in [6, 6.07) is 4.08. The van der Waals surface area contributed by atoms with Gasteiger partial charge in [-0.2, -0.15) is 9.61 Å². The third-order valence-electron chi connectivity index (χ3n) is 3.33. The van der Waals surface area contributed by atoms with E-state index in [0.717, 1.165) is 42.8 Å². The Hall–Kier alpha value is -1.62. The zero-order valence-electron chi connectivity index (χ0n) is 11.6. The second kappa shape index (κ2) is 6.52. The van der Waals surface area contributed by atoms with Crippen molar-refractivity contribution in [2.24, 2.45) is 5.92 Å². The zero-order chi connectivity index (χ0) is 13.7. The van der Waals surface area contributed by atoms with Crippen molar-refractivity contribution in [2.75, 3.05) is 18.5 Å². The lowest BCUT2D eigenvalue weighted by molar-refractivity contribution is 0.255. The maximum atomic E-state index is 9.09. The molecule has 0 bridgehead atoms. The Labute approximate surface area is 113 Å². The number of fused-ring (bicyclic) bond motifs is 1. The fraction of sp³-hybridized carbons (Fsp3) is 0.571. The largest absolute Gasteiger partial charge is 0.396 e. The van der Waals surface area contributed by atoms with Crippen LogP contribution >= 0.6 is 0 Å². The third-order valence-corrected chi connectivity index (χ3v) is 3.33. The lowest BCUT2D eigenvalue weighted by atomic mass is 10.0. The zero-order valence-corrected chi connectivity index (χ0v) is 11.6. The summed E-state index contributed by atoms with van der Waals surface area (Å²) in [6.45, 7) is 5.33. The SMILES string of the molecule is CCCC(CCO)CNc1cc(C)cc2ncnn12. The van der Waals surface area contributed by atoms with Gasteiger partial charge in [-0.25, -0.2) is 4.98 Å². The molecule has 0 aliphatic carbocycles. The van der Waals surface area contributed by atoms with Crippen molar-refractivity contribution in [3.8, 4) is 0 Å². The van der Waals surface area contributed by atoms with Gasteiger partial charge in [-0.3, -0.25) is 0 Å². The fourth-order valence-electron chi connectivity index (χ4n) is 2.37. The molecule has 5 heteroatoms. The molecular formula is C14H22N4O. The smallest absolute Gasteiger partial charge is 0.157 e. The number of aliphatic hydroxyl groups excluding tert-OH is 1. The van der Waals surface area contributed by atoms with Gasteiger partial charge in [0.25, 0.3) is 0 Å². The number of pyridine rings is 1. The number of nitrogens with one attached hydrogen (secondary N) is 1. The second-order valence-electron chi connectivity index (χ2n) is 5.00. The van der Waals surface area contributed by atoms with Gasteiger partial charge in [0, 0.05) is 13.2 Å². The van der Waals surface area contributed by atoms with E-state index in [1.54, 1.807) is 6.33 Å². The normalized spacial score (nSPS) is 12.8. The van der Waals surface area contributed by atoms with Crippen LogP contribution in [-0.2, 0) is 0 Å². The number of hydrogen-bond donors (Lipinski definition) is 2. The van der Waals surface area contributed by atoms with Gasteiger partial charge in [-0.1, -0.05) is 13.3 Å². The molecule has 2 heterocycles. The van der Waals surface area contributed by atoms with Crippen molar-refractivity contribution in [1.29, 1.82) is 0 Å². The first-order valence-electron chi connectivity index (χ1n) is 6.89. The summed E-state index contributed by atoms with van der Waals surface area (Å²) in [5.41, 5.74) is 2.02. The highest BCUT2D eigenvalue weighted by atomic mass is 16.3. The second-order valence-corrected chi connectivity index (χ2v) is 5.00. The molecule has 0 aliphatic rings. The van der Waals surface area contributed by atoms with Gasteiger partial charge >= 0.3 is 0 Å². The standard InChI is InChI=1S/C14H22N4O/c1-3-4-12(5-6-19)9-15-13-7-11(2)8-14-16-10-17-18(13)14/h7-8,10,12,15,19H,3-6,9H2,1-2H3. The van der Waals surface area contributed by atoms with E-state index in [1.807, 2.05) is 10.6 Å². The highest BCUT2D eigenvalue weighted by molar-refractivity contribution is 5.51. The summed E-state index contributed by atoms with van der Waals surface area (Å²) in [5, 5.41) is 16.7. The first-order valence-corrected chi connectivity index (χ1v) is 6.89. The van der Waals surface area contributed by atoms with E-state index in [9.17, 15) is 0 Å². The number of rotatable bonds is 7. The molecule has 0 radical (unpaired) electrons. The van der Waals surface area contributed by atoms with Crippen LogP contribution in [-0.4, -0.2) is 32.9 Å². The fourth-order valence-corrected chi connectivity index (χ4v) is 2.37. The van der Waals surface area contributed by atoms with E-state index in [0.29, 0.717) is 5.92 Å². The van der Waals surface area contributed by atoms with Crippen LogP contribution < -0.4 is 5.32 Å². The minimum atomic E-state index is 0.249. The summed E-state index contributed by atoms with van der Waals surface area (Å²) in [5.74, 6) is 1.46. The van der Waals surface area contributed by atoms with E-state index < -0.39 is 0 Å². The summed E-state index contributed by atoms with van der Waals surface area (Å²) < 4.78 is 1.81. The number of hydrogen-bond acceptors (Lipinski definition) is 4. The Balaban J connectivity index is 2.09. The minimum Gasteiger partial charge on any atom is -0.396 e. The van der Waals surface area contributed by atoms with Crippen LogP contribution in [0.4, 0.5) is 5.82 Å². The Bertz CT molecular complexity index is 517. The average molecular weight is 262 g/mol. The van der Waals surface area contributed by atoms with Crippen LogP contribution in [0.15, 0.2) is 18.5 Å².